The summed E-state index contributed by atoms with van der Waals surface area (Å²) < 4.78 is 18.2. The second-order valence-electron chi connectivity index (χ2n) is 5.97. The third-order valence-corrected chi connectivity index (χ3v) is 3.77. The Labute approximate surface area is 151 Å². The molecule has 0 bridgehead atoms. The summed E-state index contributed by atoms with van der Waals surface area (Å²) in [5.74, 6) is 0.233. The molecule has 0 aliphatic rings. The number of nitrogens with two attached hydrogens (primary N) is 1. The van der Waals surface area contributed by atoms with Gasteiger partial charge in [-0.1, -0.05) is 35.0 Å². The second-order valence-corrected chi connectivity index (χ2v) is 5.97. The van der Waals surface area contributed by atoms with Gasteiger partial charge in [-0.05, 0) is 49.8 Å². The van der Waals surface area contributed by atoms with E-state index in [0.717, 1.165) is 11.3 Å². The summed E-state index contributed by atoms with van der Waals surface area (Å²) in [6.07, 6.45) is 1.69. The van der Waals surface area contributed by atoms with Crippen molar-refractivity contribution >= 4 is 11.4 Å². The first kappa shape index (κ1) is 17.5. The highest BCUT2D eigenvalue weighted by molar-refractivity contribution is 5.98. The minimum absolute atomic E-state index is 0.203. The minimum Gasteiger partial charge on any atom is -0.394 e. The summed E-state index contributed by atoms with van der Waals surface area (Å²) in [4.78, 5) is 8.74. The molecule has 2 N–H and O–H groups in total. The predicted molar refractivity (Wildman–Crippen MR) is 99.8 cm³/mol. The monoisotopic (exact) mass is 350 g/mol. The van der Waals surface area contributed by atoms with Gasteiger partial charge in [-0.25, -0.2) is 4.39 Å². The number of allylic oxidation sites excluding steroid dienone is 1. The highest BCUT2D eigenvalue weighted by Crippen LogP contribution is 2.18. The van der Waals surface area contributed by atoms with E-state index in [4.69, 9.17) is 10.3 Å². The van der Waals surface area contributed by atoms with Crippen LogP contribution < -0.4 is 5.73 Å². The van der Waals surface area contributed by atoms with E-state index in [1.807, 2.05) is 26.0 Å². The molecule has 132 valence electrons. The van der Waals surface area contributed by atoms with Crippen LogP contribution >= 0.6 is 0 Å². The maximum Gasteiger partial charge on any atom is 0.274 e. The topological polar surface area (TPSA) is 77.3 Å². The van der Waals surface area contributed by atoms with Crippen LogP contribution in [-0.4, -0.2) is 15.9 Å². The van der Waals surface area contributed by atoms with Crippen LogP contribution in [0.4, 0.5) is 4.39 Å². The normalized spacial score (nSPS) is 12.4. The molecule has 3 aromatic rings. The summed E-state index contributed by atoms with van der Waals surface area (Å²) in [6, 6.07) is 14.0. The molecule has 26 heavy (non-hydrogen) atoms. The summed E-state index contributed by atoms with van der Waals surface area (Å²) in [5.41, 5.74) is 10.1. The average Bonchev–Trinajstić information content (AvgIpc) is 3.12. The van der Waals surface area contributed by atoms with E-state index in [-0.39, 0.29) is 11.7 Å². The highest BCUT2D eigenvalue weighted by Gasteiger charge is 2.11. The molecular formula is C20H19FN4O. The molecule has 0 amide bonds. The molecule has 5 nitrogen and oxygen atoms in total. The van der Waals surface area contributed by atoms with E-state index in [1.165, 1.54) is 17.7 Å². The fraction of sp³-hybridized carbons (Fsp3) is 0.150. The van der Waals surface area contributed by atoms with Gasteiger partial charge in [0.15, 0.2) is 0 Å². The quantitative estimate of drug-likeness (QED) is 0.701. The van der Waals surface area contributed by atoms with Gasteiger partial charge < -0.3 is 10.3 Å². The maximum absolute atomic E-state index is 13.0. The number of aryl methyl sites for hydroxylation is 1. The van der Waals surface area contributed by atoms with Crippen LogP contribution in [0.1, 0.15) is 23.9 Å². The second kappa shape index (κ2) is 7.74. The molecule has 0 spiro atoms. The number of halogens is 1. The molecular weight excluding hydrogens is 331 g/mol. The SMILES string of the molecule is CC(/C=C(\N)c1nc(-c2ccc(F)cc2)no1)=NCc1ccc(C)cc1. The molecule has 0 aliphatic carbocycles. The summed E-state index contributed by atoms with van der Waals surface area (Å²) in [7, 11) is 0. The molecule has 0 fully saturated rings. The predicted octanol–water partition coefficient (Wildman–Crippen LogP) is 4.14. The lowest BCUT2D eigenvalue weighted by Crippen LogP contribution is -2.00. The Morgan fingerprint density at radius 1 is 1.15 bits per heavy atom. The van der Waals surface area contributed by atoms with E-state index in [2.05, 4.69) is 27.3 Å². The van der Waals surface area contributed by atoms with Gasteiger partial charge in [0, 0.05) is 11.3 Å². The molecule has 3 rings (SSSR count). The molecule has 6 heteroatoms. The maximum atomic E-state index is 13.0. The smallest absolute Gasteiger partial charge is 0.274 e. The van der Waals surface area contributed by atoms with Gasteiger partial charge in [-0.3, -0.25) is 4.99 Å². The Morgan fingerprint density at radius 3 is 2.54 bits per heavy atom. The Morgan fingerprint density at radius 2 is 1.85 bits per heavy atom. The van der Waals surface area contributed by atoms with E-state index in [9.17, 15) is 4.39 Å². The third-order valence-electron chi connectivity index (χ3n) is 3.77. The lowest BCUT2D eigenvalue weighted by molar-refractivity contribution is 0.408. The highest BCUT2D eigenvalue weighted by atomic mass is 19.1. The number of benzene rings is 2. The van der Waals surface area contributed by atoms with E-state index >= 15 is 0 Å². The van der Waals surface area contributed by atoms with Crippen molar-refractivity contribution in [3.8, 4) is 11.4 Å². The molecule has 1 heterocycles. The van der Waals surface area contributed by atoms with Gasteiger partial charge in [-0.15, -0.1) is 0 Å². The number of rotatable bonds is 5. The number of nitrogens with zero attached hydrogens (tertiary/aromatic N) is 3. The fourth-order valence-electron chi connectivity index (χ4n) is 2.30. The lowest BCUT2D eigenvalue weighted by Gasteiger charge is -1.99. The van der Waals surface area contributed by atoms with Crippen LogP contribution in [0.25, 0.3) is 17.1 Å². The molecule has 0 radical (unpaired) electrons. The van der Waals surface area contributed by atoms with Crippen LogP contribution in [0.2, 0.25) is 0 Å². The molecule has 0 unspecified atom stereocenters. The lowest BCUT2D eigenvalue weighted by atomic mass is 10.1. The van der Waals surface area contributed by atoms with Gasteiger partial charge in [0.2, 0.25) is 5.82 Å². The van der Waals surface area contributed by atoms with Gasteiger partial charge in [0.05, 0.1) is 12.2 Å². The van der Waals surface area contributed by atoms with Gasteiger partial charge in [0.1, 0.15) is 5.82 Å². The summed E-state index contributed by atoms with van der Waals surface area (Å²) in [6.45, 7) is 4.48. The van der Waals surface area contributed by atoms with Crippen molar-refractivity contribution in [1.29, 1.82) is 0 Å². The number of aliphatic imine (C=N–C) groups is 1. The van der Waals surface area contributed by atoms with Crippen molar-refractivity contribution < 1.29 is 8.91 Å². The van der Waals surface area contributed by atoms with Gasteiger partial charge in [0.25, 0.3) is 5.89 Å². The van der Waals surface area contributed by atoms with Crippen LogP contribution in [-0.2, 0) is 6.54 Å². The Bertz CT molecular complexity index is 941. The Balaban J connectivity index is 1.71. The Kier molecular flexibility index (Phi) is 5.22. The fourth-order valence-corrected chi connectivity index (χ4v) is 2.30. The van der Waals surface area contributed by atoms with Crippen molar-refractivity contribution in [1.82, 2.24) is 10.1 Å². The van der Waals surface area contributed by atoms with E-state index in [0.29, 0.717) is 23.6 Å². The Hall–Kier alpha value is -3.28. The van der Waals surface area contributed by atoms with Crippen LogP contribution in [0, 0.1) is 12.7 Å². The molecule has 0 atom stereocenters. The van der Waals surface area contributed by atoms with Gasteiger partial charge in [-0.2, -0.15) is 4.98 Å². The van der Waals surface area contributed by atoms with E-state index < -0.39 is 0 Å². The standard InChI is InChI=1S/C20H19FN4O/c1-13-3-5-15(6-4-13)12-23-14(2)11-18(22)20-24-19(25-26-20)16-7-9-17(21)10-8-16/h3-11H,12,22H2,1-2H3/b18-11-,23-14?. The van der Waals surface area contributed by atoms with Crippen molar-refractivity contribution in [3.63, 3.8) is 0 Å². The number of aromatic nitrogens is 2. The van der Waals surface area contributed by atoms with Gasteiger partial charge >= 0.3 is 0 Å². The van der Waals surface area contributed by atoms with Crippen molar-refractivity contribution in [2.24, 2.45) is 10.7 Å². The zero-order chi connectivity index (χ0) is 18.5. The zero-order valence-electron chi connectivity index (χ0n) is 14.6. The van der Waals surface area contributed by atoms with Crippen molar-refractivity contribution in [3.05, 3.63) is 77.4 Å². The van der Waals surface area contributed by atoms with E-state index in [1.54, 1.807) is 18.2 Å². The van der Waals surface area contributed by atoms with Crippen molar-refractivity contribution in [2.45, 2.75) is 20.4 Å². The molecule has 0 saturated carbocycles. The third kappa shape index (κ3) is 4.42. The average molecular weight is 350 g/mol. The molecule has 2 aromatic carbocycles. The summed E-state index contributed by atoms with van der Waals surface area (Å²) >= 11 is 0. The first-order chi connectivity index (χ1) is 12.5. The molecule has 0 saturated heterocycles. The first-order valence-corrected chi connectivity index (χ1v) is 8.15. The number of hydrogen-bond acceptors (Lipinski definition) is 5. The summed E-state index contributed by atoms with van der Waals surface area (Å²) in [5, 5.41) is 3.88. The van der Waals surface area contributed by atoms with Crippen LogP contribution in [0.5, 0.6) is 0 Å². The molecule has 1 aromatic heterocycles. The minimum atomic E-state index is -0.322. The van der Waals surface area contributed by atoms with Crippen LogP contribution in [0.15, 0.2) is 64.1 Å². The largest absolute Gasteiger partial charge is 0.394 e. The van der Waals surface area contributed by atoms with Crippen LogP contribution in [0.3, 0.4) is 0 Å². The number of hydrogen-bond donors (Lipinski definition) is 1. The zero-order valence-corrected chi connectivity index (χ0v) is 14.6. The van der Waals surface area contributed by atoms with Crippen molar-refractivity contribution in [2.75, 3.05) is 0 Å². The molecule has 0 aliphatic heterocycles. The first-order valence-electron chi connectivity index (χ1n) is 8.15.